The summed E-state index contributed by atoms with van der Waals surface area (Å²) in [5.41, 5.74) is 1.40. The van der Waals surface area contributed by atoms with Crippen molar-refractivity contribution in [1.29, 1.82) is 0 Å². The number of fused-ring (bicyclic) bond motifs is 2. The van der Waals surface area contributed by atoms with Gasteiger partial charge in [0.1, 0.15) is 12.7 Å². The maximum atomic E-state index is 11.6. The fourth-order valence-electron chi connectivity index (χ4n) is 4.61. The van der Waals surface area contributed by atoms with Crippen molar-refractivity contribution >= 4 is 11.9 Å². The summed E-state index contributed by atoms with van der Waals surface area (Å²) in [5.74, 6) is 0.153. The molecule has 3 rings (SSSR count). The minimum atomic E-state index is -0.328. The summed E-state index contributed by atoms with van der Waals surface area (Å²) in [5, 5.41) is 0. The predicted molar refractivity (Wildman–Crippen MR) is 109 cm³/mol. The van der Waals surface area contributed by atoms with Gasteiger partial charge >= 0.3 is 11.9 Å². The van der Waals surface area contributed by atoms with E-state index in [1.165, 1.54) is 12.8 Å². The Balaban J connectivity index is 0.000000209. The van der Waals surface area contributed by atoms with Gasteiger partial charge in [-0.1, -0.05) is 33.9 Å². The van der Waals surface area contributed by atoms with E-state index in [2.05, 4.69) is 33.9 Å². The van der Waals surface area contributed by atoms with Crippen LogP contribution >= 0.6 is 0 Å². The molecule has 0 N–H and O–H groups in total. The molecular formula is C23H36O5. The highest BCUT2D eigenvalue weighted by molar-refractivity contribution is 5.87. The third-order valence-electron chi connectivity index (χ3n) is 7.08. The summed E-state index contributed by atoms with van der Waals surface area (Å²) in [7, 11) is 0. The van der Waals surface area contributed by atoms with Gasteiger partial charge in [0.15, 0.2) is 0 Å². The Kier molecular flexibility index (Phi) is 7.13. The molecule has 0 radical (unpaired) electrons. The molecule has 2 aliphatic carbocycles. The van der Waals surface area contributed by atoms with Crippen molar-refractivity contribution in [3.8, 4) is 0 Å². The van der Waals surface area contributed by atoms with Crippen LogP contribution in [0, 0.1) is 16.7 Å². The van der Waals surface area contributed by atoms with Gasteiger partial charge in [-0.3, -0.25) is 0 Å². The quantitative estimate of drug-likeness (QED) is 0.505. The van der Waals surface area contributed by atoms with E-state index in [1.54, 1.807) is 13.8 Å². The number of ether oxygens (including phenoxy) is 3. The Morgan fingerprint density at radius 3 is 2.14 bits per heavy atom. The number of esters is 2. The first-order chi connectivity index (χ1) is 13.0. The van der Waals surface area contributed by atoms with Crippen molar-refractivity contribution in [2.45, 2.75) is 78.9 Å². The average molecular weight is 393 g/mol. The van der Waals surface area contributed by atoms with Gasteiger partial charge < -0.3 is 14.2 Å². The zero-order chi connectivity index (χ0) is 21.1. The van der Waals surface area contributed by atoms with Crippen molar-refractivity contribution in [3.63, 3.8) is 0 Å². The molecule has 0 aromatic heterocycles. The van der Waals surface area contributed by atoms with Gasteiger partial charge in [-0.15, -0.1) is 0 Å². The maximum Gasteiger partial charge on any atom is 0.333 e. The minimum Gasteiger partial charge on any atom is -0.460 e. The number of carbonyl (C=O) groups is 2. The predicted octanol–water partition coefficient (Wildman–Crippen LogP) is 4.61. The molecule has 5 heteroatoms. The molecule has 0 aromatic rings. The molecule has 1 heterocycles. The summed E-state index contributed by atoms with van der Waals surface area (Å²) < 4.78 is 15.8. The van der Waals surface area contributed by atoms with E-state index in [9.17, 15) is 9.59 Å². The number of rotatable bonds is 5. The van der Waals surface area contributed by atoms with Gasteiger partial charge in [0.05, 0.1) is 6.10 Å². The van der Waals surface area contributed by atoms with Crippen LogP contribution in [0.25, 0.3) is 0 Å². The van der Waals surface area contributed by atoms with Crippen LogP contribution in [0.5, 0.6) is 0 Å². The lowest BCUT2D eigenvalue weighted by molar-refractivity contribution is -0.152. The largest absolute Gasteiger partial charge is 0.460 e. The van der Waals surface area contributed by atoms with Crippen LogP contribution in [0.4, 0.5) is 0 Å². The first kappa shape index (κ1) is 22.7. The van der Waals surface area contributed by atoms with Crippen molar-refractivity contribution in [1.82, 2.24) is 0 Å². The van der Waals surface area contributed by atoms with Crippen LogP contribution in [0.2, 0.25) is 0 Å². The minimum absolute atomic E-state index is 0.0884. The fourth-order valence-corrected chi connectivity index (χ4v) is 4.61. The molecule has 4 atom stereocenters. The fraction of sp³-hybridized carbons (Fsp3) is 0.739. The normalized spacial score (nSPS) is 32.2. The van der Waals surface area contributed by atoms with Crippen LogP contribution < -0.4 is 0 Å². The molecule has 1 unspecified atom stereocenters. The van der Waals surface area contributed by atoms with Crippen molar-refractivity contribution in [2.24, 2.45) is 16.7 Å². The molecule has 28 heavy (non-hydrogen) atoms. The summed E-state index contributed by atoms with van der Waals surface area (Å²) in [6.07, 6.45) is 5.74. The Bertz CT molecular complexity index is 629. The van der Waals surface area contributed by atoms with Crippen molar-refractivity contribution in [3.05, 3.63) is 24.3 Å². The molecule has 5 nitrogen and oxygen atoms in total. The van der Waals surface area contributed by atoms with Crippen LogP contribution in [-0.2, 0) is 23.8 Å². The summed E-state index contributed by atoms with van der Waals surface area (Å²) in [6, 6.07) is 0. The highest BCUT2D eigenvalue weighted by Gasteiger charge is 2.62. The monoisotopic (exact) mass is 392 g/mol. The highest BCUT2D eigenvalue weighted by Crippen LogP contribution is 2.66. The highest BCUT2D eigenvalue weighted by atomic mass is 16.6. The van der Waals surface area contributed by atoms with Crippen LogP contribution in [0.15, 0.2) is 24.3 Å². The second kappa shape index (κ2) is 8.81. The number of carbonyl (C=O) groups excluding carboxylic acids is 2. The zero-order valence-electron chi connectivity index (χ0n) is 18.1. The van der Waals surface area contributed by atoms with E-state index in [1.807, 2.05) is 0 Å². The van der Waals surface area contributed by atoms with Crippen LogP contribution in [0.1, 0.15) is 66.7 Å². The van der Waals surface area contributed by atoms with Gasteiger partial charge in [0.25, 0.3) is 0 Å². The Morgan fingerprint density at radius 1 is 1.07 bits per heavy atom. The van der Waals surface area contributed by atoms with Gasteiger partial charge in [-0.05, 0) is 57.3 Å². The third kappa shape index (κ3) is 4.68. The summed E-state index contributed by atoms with van der Waals surface area (Å²) in [4.78, 5) is 22.5. The lowest BCUT2D eigenvalue weighted by Gasteiger charge is -2.38. The second-order valence-electron chi connectivity index (χ2n) is 9.30. The Hall–Kier alpha value is -1.62. The molecule has 3 aliphatic rings. The molecule has 0 aromatic carbocycles. The molecule has 0 spiro atoms. The van der Waals surface area contributed by atoms with Gasteiger partial charge in [-0.25, -0.2) is 9.59 Å². The first-order valence-corrected chi connectivity index (χ1v) is 10.3. The van der Waals surface area contributed by atoms with E-state index in [0.29, 0.717) is 29.1 Å². The lowest BCUT2D eigenvalue weighted by atomic mass is 9.70. The molecular weight excluding hydrogens is 356 g/mol. The number of hydrogen-bond donors (Lipinski definition) is 0. The third-order valence-corrected chi connectivity index (χ3v) is 7.08. The van der Waals surface area contributed by atoms with E-state index in [0.717, 1.165) is 25.9 Å². The van der Waals surface area contributed by atoms with Crippen molar-refractivity contribution in [2.75, 3.05) is 13.2 Å². The molecule has 158 valence electrons. The van der Waals surface area contributed by atoms with E-state index in [4.69, 9.17) is 14.2 Å². The zero-order valence-corrected chi connectivity index (χ0v) is 18.1. The first-order valence-electron chi connectivity index (χ1n) is 10.3. The van der Waals surface area contributed by atoms with E-state index >= 15 is 0 Å². The maximum absolute atomic E-state index is 11.6. The SMILES string of the molecule is C=C(C)C(=O)OCC1CCCO1.C=C(C)C(=O)O[C@H]1C[C@@H]2CC[C@@]1(C)C2(C)C. The molecule has 2 saturated carbocycles. The Labute approximate surface area is 169 Å². The molecule has 3 fully saturated rings. The Morgan fingerprint density at radius 2 is 1.71 bits per heavy atom. The number of hydrogen-bond acceptors (Lipinski definition) is 5. The van der Waals surface area contributed by atoms with Gasteiger partial charge in [-0.2, -0.15) is 0 Å². The molecule has 0 amide bonds. The topological polar surface area (TPSA) is 61.8 Å². The van der Waals surface area contributed by atoms with Crippen LogP contribution in [-0.4, -0.2) is 37.4 Å². The summed E-state index contributed by atoms with van der Waals surface area (Å²) in [6.45, 7) is 18.5. The van der Waals surface area contributed by atoms with Crippen LogP contribution in [0.3, 0.4) is 0 Å². The second-order valence-corrected chi connectivity index (χ2v) is 9.30. The molecule has 1 aliphatic heterocycles. The van der Waals surface area contributed by atoms with E-state index < -0.39 is 0 Å². The lowest BCUT2D eigenvalue weighted by Crippen LogP contribution is -2.38. The molecule has 1 saturated heterocycles. The van der Waals surface area contributed by atoms with Gasteiger partial charge in [0, 0.05) is 23.2 Å². The van der Waals surface area contributed by atoms with Crippen molar-refractivity contribution < 1.29 is 23.8 Å². The van der Waals surface area contributed by atoms with E-state index in [-0.39, 0.29) is 29.6 Å². The average Bonchev–Trinajstić information content (AvgIpc) is 3.26. The van der Waals surface area contributed by atoms with Gasteiger partial charge in [0.2, 0.25) is 0 Å². The standard InChI is InChI=1S/C14H22O2.C9H14O3/c1-9(2)12(15)16-11-8-10-6-7-14(11,5)13(10,3)4;1-7(2)9(10)12-6-8-4-3-5-11-8/h10-11H,1,6-8H2,2-5H3;8H,1,3-6H2,2H3/t10-,11-,14+;/m0./s1. The molecule has 2 bridgehead atoms. The smallest absolute Gasteiger partial charge is 0.333 e. The summed E-state index contributed by atoms with van der Waals surface area (Å²) >= 11 is 0.